The zero-order chi connectivity index (χ0) is 21.9. The number of hydrogen-bond donors (Lipinski definition) is 0. The summed E-state index contributed by atoms with van der Waals surface area (Å²) >= 11 is 7.56. The van der Waals surface area contributed by atoms with Crippen LogP contribution >= 0.6 is 31.9 Å². The number of rotatable bonds is 0. The van der Waals surface area contributed by atoms with Crippen molar-refractivity contribution in [2.75, 3.05) is 0 Å². The second-order valence-electron chi connectivity index (χ2n) is 7.31. The highest BCUT2D eigenvalue weighted by Crippen LogP contribution is 2.39. The van der Waals surface area contributed by atoms with E-state index in [1.54, 1.807) is 0 Å². The van der Waals surface area contributed by atoms with Crippen molar-refractivity contribution in [3.63, 3.8) is 0 Å². The molecule has 0 amide bonds. The molecule has 0 spiro atoms. The molecule has 0 nitrogen and oxygen atoms in total. The number of hydrogen-bond acceptors (Lipinski definition) is 0. The van der Waals surface area contributed by atoms with E-state index in [0.29, 0.717) is 0 Å². The van der Waals surface area contributed by atoms with Gasteiger partial charge in [-0.2, -0.15) is 0 Å². The van der Waals surface area contributed by atoms with Crippen LogP contribution in [0.4, 0.5) is 0 Å². The Bertz CT molecular complexity index is 1450. The Hall–Kier alpha value is -3.30. The molecule has 0 N–H and O–H groups in total. The van der Waals surface area contributed by atoms with E-state index in [-0.39, 0.29) is 0 Å². The molecule has 0 aliphatic carbocycles. The maximum atomic E-state index is 3.78. The Morgan fingerprint density at radius 2 is 0.812 bits per heavy atom. The Labute approximate surface area is 204 Å². The van der Waals surface area contributed by atoms with Crippen LogP contribution in [-0.2, 0) is 0 Å². The van der Waals surface area contributed by atoms with Crippen molar-refractivity contribution in [3.8, 4) is 23.7 Å². The standard InChI is InChI=1S/C30H16Br2/c31-27-15-8-14-24-26(20-18-22-11-5-2-6-12-22)30-23(13-7-16-28(30)32)25(29(24)27)19-17-21-9-3-1-4-10-21/h1-16H. The van der Waals surface area contributed by atoms with Gasteiger partial charge in [0.1, 0.15) is 0 Å². The summed E-state index contributed by atoms with van der Waals surface area (Å²) in [6, 6.07) is 32.6. The van der Waals surface area contributed by atoms with Crippen molar-refractivity contribution >= 4 is 53.4 Å². The molecule has 0 saturated heterocycles. The second-order valence-corrected chi connectivity index (χ2v) is 9.02. The smallest absolute Gasteiger partial charge is 0.0418 e. The molecule has 0 aromatic heterocycles. The van der Waals surface area contributed by atoms with Crippen LogP contribution in [0.25, 0.3) is 21.5 Å². The summed E-state index contributed by atoms with van der Waals surface area (Å²) in [6.07, 6.45) is 0. The highest BCUT2D eigenvalue weighted by molar-refractivity contribution is 9.11. The summed E-state index contributed by atoms with van der Waals surface area (Å²) in [7, 11) is 0. The first-order valence-electron chi connectivity index (χ1n) is 10.2. The zero-order valence-electron chi connectivity index (χ0n) is 17.0. The summed E-state index contributed by atoms with van der Waals surface area (Å²) in [5, 5.41) is 4.33. The first-order valence-corrected chi connectivity index (χ1v) is 11.8. The molecule has 0 heterocycles. The molecule has 0 radical (unpaired) electrons. The van der Waals surface area contributed by atoms with Crippen molar-refractivity contribution in [2.45, 2.75) is 0 Å². The Kier molecular flexibility index (Phi) is 5.83. The van der Waals surface area contributed by atoms with Gasteiger partial charge in [0.15, 0.2) is 0 Å². The highest BCUT2D eigenvalue weighted by atomic mass is 79.9. The minimum Gasteiger partial charge on any atom is -0.0622 e. The minimum absolute atomic E-state index is 0.990. The number of benzene rings is 5. The minimum atomic E-state index is 0.990. The summed E-state index contributed by atoms with van der Waals surface area (Å²) in [5.41, 5.74) is 3.98. The maximum Gasteiger partial charge on any atom is 0.0418 e. The van der Waals surface area contributed by atoms with E-state index in [0.717, 1.165) is 52.7 Å². The molecule has 0 aliphatic heterocycles. The first-order chi connectivity index (χ1) is 15.7. The molecular formula is C30H16Br2. The fourth-order valence-electron chi connectivity index (χ4n) is 3.81. The molecule has 0 unspecified atom stereocenters. The van der Waals surface area contributed by atoms with Crippen molar-refractivity contribution in [2.24, 2.45) is 0 Å². The van der Waals surface area contributed by atoms with E-state index in [2.05, 4.69) is 91.9 Å². The number of fused-ring (bicyclic) bond motifs is 2. The van der Waals surface area contributed by atoms with Crippen LogP contribution in [0.2, 0.25) is 0 Å². The van der Waals surface area contributed by atoms with Gasteiger partial charge in [0, 0.05) is 52.7 Å². The lowest BCUT2D eigenvalue weighted by Crippen LogP contribution is -1.92. The fraction of sp³-hybridized carbons (Fsp3) is 0. The monoisotopic (exact) mass is 534 g/mol. The molecule has 5 aromatic carbocycles. The second kappa shape index (κ2) is 9.05. The molecule has 0 atom stereocenters. The lowest BCUT2D eigenvalue weighted by Gasteiger charge is -2.13. The SMILES string of the molecule is Brc1cccc2c(C#Cc3ccccc3)c3c(Br)cccc3c(C#Cc3ccccc3)c12. The van der Waals surface area contributed by atoms with Crippen molar-refractivity contribution in [3.05, 3.63) is 128 Å². The van der Waals surface area contributed by atoms with Gasteiger partial charge < -0.3 is 0 Å². The van der Waals surface area contributed by atoms with Crippen LogP contribution in [0, 0.1) is 23.7 Å². The van der Waals surface area contributed by atoms with Gasteiger partial charge in [-0.3, -0.25) is 0 Å². The van der Waals surface area contributed by atoms with E-state index in [1.165, 1.54) is 0 Å². The van der Waals surface area contributed by atoms with E-state index in [4.69, 9.17) is 0 Å². The summed E-state index contributed by atoms with van der Waals surface area (Å²) in [4.78, 5) is 0. The van der Waals surface area contributed by atoms with Gasteiger partial charge in [-0.25, -0.2) is 0 Å². The molecule has 32 heavy (non-hydrogen) atoms. The lowest BCUT2D eigenvalue weighted by atomic mass is 9.91. The van der Waals surface area contributed by atoms with E-state index in [9.17, 15) is 0 Å². The van der Waals surface area contributed by atoms with Crippen LogP contribution in [0.5, 0.6) is 0 Å². The predicted molar refractivity (Wildman–Crippen MR) is 142 cm³/mol. The Morgan fingerprint density at radius 1 is 0.406 bits per heavy atom. The van der Waals surface area contributed by atoms with Gasteiger partial charge in [-0.05, 0) is 36.4 Å². The van der Waals surface area contributed by atoms with Crippen LogP contribution in [0.1, 0.15) is 22.3 Å². The van der Waals surface area contributed by atoms with Crippen LogP contribution in [0.3, 0.4) is 0 Å². The summed E-state index contributed by atoms with van der Waals surface area (Å²) in [6.45, 7) is 0. The average Bonchev–Trinajstić information content (AvgIpc) is 2.83. The molecule has 0 aliphatic rings. The molecule has 0 saturated carbocycles. The fourth-order valence-corrected chi connectivity index (χ4v) is 4.94. The summed E-state index contributed by atoms with van der Waals surface area (Å²) < 4.78 is 2.02. The predicted octanol–water partition coefficient (Wildman–Crippen LogP) is 8.32. The normalized spacial score (nSPS) is 10.3. The third kappa shape index (κ3) is 3.96. The first kappa shape index (κ1) is 20.6. The van der Waals surface area contributed by atoms with Crippen molar-refractivity contribution in [1.29, 1.82) is 0 Å². The molecule has 0 bridgehead atoms. The van der Waals surface area contributed by atoms with Gasteiger partial charge in [0.2, 0.25) is 0 Å². The van der Waals surface area contributed by atoms with E-state index < -0.39 is 0 Å². The molecular weight excluding hydrogens is 520 g/mol. The maximum absolute atomic E-state index is 3.78. The van der Waals surface area contributed by atoms with Crippen molar-refractivity contribution < 1.29 is 0 Å². The Morgan fingerprint density at radius 3 is 1.22 bits per heavy atom. The van der Waals surface area contributed by atoms with Crippen LogP contribution < -0.4 is 0 Å². The third-order valence-electron chi connectivity index (χ3n) is 5.28. The molecule has 5 rings (SSSR count). The largest absolute Gasteiger partial charge is 0.0622 e. The quantitative estimate of drug-likeness (QED) is 0.138. The van der Waals surface area contributed by atoms with Crippen molar-refractivity contribution in [1.82, 2.24) is 0 Å². The van der Waals surface area contributed by atoms with E-state index >= 15 is 0 Å². The molecule has 5 aromatic rings. The van der Waals surface area contributed by atoms with Crippen LogP contribution in [0.15, 0.2) is 106 Å². The van der Waals surface area contributed by atoms with E-state index in [1.807, 2.05) is 60.7 Å². The zero-order valence-corrected chi connectivity index (χ0v) is 20.2. The third-order valence-corrected chi connectivity index (χ3v) is 6.60. The molecule has 0 fully saturated rings. The van der Waals surface area contributed by atoms with Gasteiger partial charge in [-0.15, -0.1) is 0 Å². The molecule has 150 valence electrons. The van der Waals surface area contributed by atoms with Gasteiger partial charge in [-0.1, -0.05) is 116 Å². The molecule has 2 heteroatoms. The lowest BCUT2D eigenvalue weighted by molar-refractivity contribution is 1.63. The van der Waals surface area contributed by atoms with Gasteiger partial charge in [0.05, 0.1) is 0 Å². The average molecular weight is 536 g/mol. The van der Waals surface area contributed by atoms with Gasteiger partial charge in [0.25, 0.3) is 0 Å². The summed E-state index contributed by atoms with van der Waals surface area (Å²) in [5.74, 6) is 13.6. The van der Waals surface area contributed by atoms with Crippen LogP contribution in [-0.4, -0.2) is 0 Å². The number of halogens is 2. The van der Waals surface area contributed by atoms with Gasteiger partial charge >= 0.3 is 0 Å². The highest BCUT2D eigenvalue weighted by Gasteiger charge is 2.16. The topological polar surface area (TPSA) is 0 Å². The Balaban J connectivity index is 1.88.